The topological polar surface area (TPSA) is 79.5 Å². The first kappa shape index (κ1) is 70.0. The van der Waals surface area contributed by atoms with Gasteiger partial charge < -0.3 is 13.6 Å². The van der Waals surface area contributed by atoms with Crippen LogP contribution in [-0.4, -0.2) is 33.6 Å². The third kappa shape index (κ3) is 9.81. The Morgan fingerprint density at radius 1 is 0.227 bits per heavy atom. The van der Waals surface area contributed by atoms with Crippen molar-refractivity contribution in [2.24, 2.45) is 0 Å². The minimum Gasteiger partial charge on any atom is -0.438 e. The van der Waals surface area contributed by atoms with Gasteiger partial charge in [-0.25, -0.2) is 19.9 Å². The molecular weight excluding hydrogens is 1600 g/mol. The van der Waals surface area contributed by atoms with Crippen LogP contribution in [0.15, 0.2) is 399 Å². The van der Waals surface area contributed by atoms with Gasteiger partial charge in [0.05, 0.1) is 64.7 Å². The molecule has 0 saturated carbocycles. The zero-order valence-corrected chi connectivity index (χ0v) is 70.0. The van der Waals surface area contributed by atoms with Crippen molar-refractivity contribution < 1.29 is 4.42 Å². The minimum atomic E-state index is 0.678. The third-order valence-corrected chi connectivity index (χ3v) is 29.7. The van der Waals surface area contributed by atoms with E-state index in [1.165, 1.54) is 200 Å². The van der Waals surface area contributed by atoms with Crippen LogP contribution in [-0.2, 0) is 0 Å². The summed E-state index contributed by atoms with van der Waals surface area (Å²) in [6.07, 6.45) is 0. The summed E-state index contributed by atoms with van der Waals surface area (Å²) < 4.78 is 18.4. The Labute approximate surface area is 738 Å². The average molecular weight is 1660 g/mol. The summed E-state index contributed by atoms with van der Waals surface area (Å²) in [5.41, 5.74) is 32.6. The molecule has 0 saturated heterocycles. The number of hydrogen-bond donors (Lipinski definition) is 0. The molecule has 0 unspecified atom stereocenters. The van der Waals surface area contributed by atoms with E-state index in [4.69, 9.17) is 24.4 Å². The van der Waals surface area contributed by atoms with Crippen LogP contribution in [0.4, 0.5) is 0 Å². The Bertz CT molecular complexity index is 9810. The molecule has 9 aromatic heterocycles. The Morgan fingerprint density at radius 2 is 0.648 bits per heavy atom. The molecule has 28 aromatic rings. The van der Waals surface area contributed by atoms with Crippen molar-refractivity contribution in [2.75, 3.05) is 0 Å². The number of para-hydroxylation sites is 2. The molecule has 9 heterocycles. The van der Waals surface area contributed by atoms with Gasteiger partial charge in [-0.3, -0.25) is 4.57 Å². The van der Waals surface area contributed by atoms with Gasteiger partial charge in [0.15, 0.2) is 11.6 Å². The highest BCUT2D eigenvalue weighted by Crippen LogP contribution is 2.56. The second-order valence-electron chi connectivity index (χ2n) is 34.0. The molecule has 8 nitrogen and oxygen atoms in total. The van der Waals surface area contributed by atoms with Crippen molar-refractivity contribution in [3.8, 4) is 107 Å². The predicted octanol–water partition coefficient (Wildman–Crippen LogP) is 32.6. The number of benzene rings is 19. The summed E-state index contributed by atoms with van der Waals surface area (Å²) >= 11 is 3.62. The molecule has 0 aliphatic heterocycles. The van der Waals surface area contributed by atoms with Crippen LogP contribution in [0.25, 0.3) is 289 Å². The van der Waals surface area contributed by atoms with Crippen LogP contribution in [0, 0.1) is 0 Å². The van der Waals surface area contributed by atoms with Crippen LogP contribution in [0.5, 0.6) is 0 Å². The zero-order chi connectivity index (χ0) is 83.2. The molecule has 19 aromatic carbocycles. The Hall–Kier alpha value is -16.5. The van der Waals surface area contributed by atoms with Crippen molar-refractivity contribution >= 4 is 205 Å². The van der Waals surface area contributed by atoms with Crippen LogP contribution in [0.2, 0.25) is 0 Å². The first-order chi connectivity index (χ1) is 63.5. The highest BCUT2D eigenvalue weighted by Gasteiger charge is 2.31. The molecule has 3 aliphatic carbocycles. The fourth-order valence-corrected chi connectivity index (χ4v) is 24.4. The largest absolute Gasteiger partial charge is 0.438 e. The normalized spacial score (nSPS) is 12.4. The first-order valence-electron chi connectivity index (χ1n) is 43.6. The molecule has 128 heavy (non-hydrogen) atoms. The van der Waals surface area contributed by atoms with Crippen LogP contribution in [0.1, 0.15) is 0 Å². The Balaban J connectivity index is 0.0000000956. The average Bonchev–Trinajstić information content (AvgIpc) is 1.54. The summed E-state index contributed by atoms with van der Waals surface area (Å²) in [5, 5.41) is 23.9. The van der Waals surface area contributed by atoms with Crippen molar-refractivity contribution in [2.45, 2.75) is 0 Å². The maximum atomic E-state index is 6.23. The molecule has 0 radical (unpaired) electrons. The van der Waals surface area contributed by atoms with Crippen molar-refractivity contribution in [3.05, 3.63) is 394 Å². The first-order valence-corrected chi connectivity index (χ1v) is 45.2. The van der Waals surface area contributed by atoms with E-state index in [0.717, 1.165) is 82.8 Å². The standard InChI is InChI=1S/C44H25N3S.C37H20N2O.C37H20N2S/c1-2-10-28(11-3-1)44-45-41(43-42(46-44)34-15-6-7-19-37(34)48-43)27-20-23-29(24-21-27)47-35-18-9-17-33-31-14-5-4-13-30(31)32-16-8-12-26-22-25-36(47)40(38(26)32)39(33)35;1-4-13-30-22(7-1)19-29-28-20-23(16-18-33(28)40-37(29)38-30)39-31-14-6-12-27-25-10-3-2-9-24(25)26-11-5-8-21-15-17-32(39)36(34(21)26)35(27)31;1-2-11-23-22(10-1)24-14-7-9-21-19-20-30-35(32(21)24)34-25(23)15-8-17-29(34)39(30)37-36-33(26-12-3-5-16-28(26)38-37)27-13-4-6-18-31(27)40-36/h1-25H;2*1-20H. The summed E-state index contributed by atoms with van der Waals surface area (Å²) in [6.45, 7) is 0. The lowest BCUT2D eigenvalue weighted by molar-refractivity contribution is 0.656. The lowest BCUT2D eigenvalue weighted by Gasteiger charge is -2.14. The van der Waals surface area contributed by atoms with Gasteiger partial charge in [0.1, 0.15) is 5.58 Å². The van der Waals surface area contributed by atoms with Gasteiger partial charge in [0, 0.05) is 102 Å². The predicted molar refractivity (Wildman–Crippen MR) is 538 cm³/mol. The molecular formula is C118H65N7OS2. The van der Waals surface area contributed by atoms with Gasteiger partial charge in [0.2, 0.25) is 5.71 Å². The van der Waals surface area contributed by atoms with Crippen molar-refractivity contribution in [3.63, 3.8) is 0 Å². The summed E-state index contributed by atoms with van der Waals surface area (Å²) in [5.74, 6) is 1.76. The molecule has 10 heteroatoms. The molecule has 3 aliphatic rings. The number of pyridine rings is 2. The maximum Gasteiger partial charge on any atom is 0.227 e. The van der Waals surface area contributed by atoms with Gasteiger partial charge in [-0.15, -0.1) is 22.7 Å². The van der Waals surface area contributed by atoms with Gasteiger partial charge >= 0.3 is 0 Å². The minimum absolute atomic E-state index is 0.678. The van der Waals surface area contributed by atoms with Crippen molar-refractivity contribution in [1.29, 1.82) is 0 Å². The van der Waals surface area contributed by atoms with E-state index in [9.17, 15) is 0 Å². The fourth-order valence-electron chi connectivity index (χ4n) is 22.0. The number of furan rings is 1. The van der Waals surface area contributed by atoms with Gasteiger partial charge in [-0.2, -0.15) is 0 Å². The molecule has 0 atom stereocenters. The summed E-state index contributed by atoms with van der Waals surface area (Å²) in [7, 11) is 0. The molecule has 31 rings (SSSR count). The molecule has 0 bridgehead atoms. The second kappa shape index (κ2) is 26.5. The number of fused-ring (bicyclic) bond motifs is 21. The van der Waals surface area contributed by atoms with Crippen LogP contribution < -0.4 is 0 Å². The third-order valence-electron chi connectivity index (χ3n) is 27.4. The van der Waals surface area contributed by atoms with E-state index >= 15 is 0 Å². The lowest BCUT2D eigenvalue weighted by Crippen LogP contribution is -1.99. The van der Waals surface area contributed by atoms with E-state index in [1.807, 2.05) is 41.7 Å². The fraction of sp³-hybridized carbons (Fsp3) is 0. The number of nitrogens with zero attached hydrogens (tertiary/aromatic N) is 7. The zero-order valence-electron chi connectivity index (χ0n) is 68.4. The number of thiophene rings is 2. The highest BCUT2D eigenvalue weighted by molar-refractivity contribution is 7.26. The van der Waals surface area contributed by atoms with Crippen LogP contribution >= 0.6 is 22.7 Å². The number of aromatic nitrogens is 7. The van der Waals surface area contributed by atoms with E-state index in [0.29, 0.717) is 5.71 Å². The monoisotopic (exact) mass is 1660 g/mol. The van der Waals surface area contributed by atoms with Gasteiger partial charge in [0.25, 0.3) is 0 Å². The van der Waals surface area contributed by atoms with Crippen LogP contribution in [0.3, 0.4) is 0 Å². The molecule has 0 fully saturated rings. The second-order valence-corrected chi connectivity index (χ2v) is 36.1. The molecule has 590 valence electrons. The quantitative estimate of drug-likeness (QED) is 0.172. The van der Waals surface area contributed by atoms with Gasteiger partial charge in [-0.05, 0) is 196 Å². The summed E-state index contributed by atoms with van der Waals surface area (Å²) in [4.78, 5) is 20.5. The van der Waals surface area contributed by atoms with E-state index < -0.39 is 0 Å². The maximum absolute atomic E-state index is 6.23. The molecule has 0 amide bonds. The van der Waals surface area contributed by atoms with E-state index in [2.05, 4.69) is 378 Å². The smallest absolute Gasteiger partial charge is 0.227 e. The SMILES string of the molecule is c1ccc(-c2nc(-c3ccc(-n4c5cccc6c5c5c7c(cccc7ccc54)-c4ccccc4-6)cc3)c3sc4ccccc4c3n2)cc1.c1ccc2c(c1)-c1cccc3ccc4c(c13)c1c-2cccc1n4-c1ccc2oc3nc4ccccc4cc3c2c1.c1ccc2c(c1)-c1cccc3ccc4c(c13)c1c-2cccc1n4-c1nc2ccccc2c2c1sc1ccccc12. The van der Waals surface area contributed by atoms with Gasteiger partial charge in [-0.1, -0.05) is 297 Å². The van der Waals surface area contributed by atoms with Crippen molar-refractivity contribution in [1.82, 2.24) is 33.6 Å². The van der Waals surface area contributed by atoms with E-state index in [-0.39, 0.29) is 0 Å². The number of rotatable bonds is 5. The lowest BCUT2D eigenvalue weighted by atomic mass is 9.93. The molecule has 0 spiro atoms. The number of hydrogen-bond acceptors (Lipinski definition) is 7. The molecule has 0 N–H and O–H groups in total. The van der Waals surface area contributed by atoms with E-state index in [1.54, 1.807) is 11.3 Å². The highest BCUT2D eigenvalue weighted by atomic mass is 32.1. The Morgan fingerprint density at radius 3 is 1.22 bits per heavy atom. The summed E-state index contributed by atoms with van der Waals surface area (Å²) in [6, 6.07) is 143. The Kier molecular flexibility index (Phi) is 14.5.